The van der Waals surface area contributed by atoms with Crippen LogP contribution in [0.4, 0.5) is 15.8 Å². The van der Waals surface area contributed by atoms with E-state index < -0.39 is 21.3 Å². The molecule has 1 atom stereocenters. The molecule has 2 fully saturated rings. The number of anilines is 2. The largest absolute Gasteiger partial charge is 0.343 e. The number of nitrogens with one attached hydrogen (secondary N) is 1. The standard InChI is InChI=1S/C30H29ClFN3O4S/c1-19(36)34-16-14-30(15-17-34)24-18-21(29(37)33-26-5-3-2-4-25(26)31)8-13-27(24)35(28(30)20-6-7-20)40(38,39)23-11-9-22(32)10-12-23/h2-5,8-13,18,20,28H,6-7,14-17H2,1H3,(H,33,37). The minimum absolute atomic E-state index is 0.0142. The van der Waals surface area contributed by atoms with Crippen molar-refractivity contribution < 1.29 is 22.4 Å². The summed E-state index contributed by atoms with van der Waals surface area (Å²) in [5.74, 6) is -0.733. The molecule has 1 unspecified atom stereocenters. The highest BCUT2D eigenvalue weighted by Gasteiger charge is 2.60. The summed E-state index contributed by atoms with van der Waals surface area (Å²) in [5, 5.41) is 3.27. The van der Waals surface area contributed by atoms with Crippen molar-refractivity contribution in [3.8, 4) is 0 Å². The Morgan fingerprint density at radius 3 is 2.30 bits per heavy atom. The number of carbonyl (C=O) groups is 2. The maximum atomic E-state index is 14.2. The van der Waals surface area contributed by atoms with Gasteiger partial charge in [-0.25, -0.2) is 12.8 Å². The van der Waals surface area contributed by atoms with E-state index >= 15 is 0 Å². The molecule has 0 aromatic heterocycles. The number of likely N-dealkylation sites (tertiary alicyclic amines) is 1. The van der Waals surface area contributed by atoms with Crippen molar-refractivity contribution in [1.82, 2.24) is 4.90 Å². The SMILES string of the molecule is CC(=O)N1CCC2(CC1)c1cc(C(=O)Nc3ccccc3Cl)ccc1N(S(=O)(=O)c1ccc(F)cc1)C2C1CC1. The van der Waals surface area contributed by atoms with Gasteiger partial charge >= 0.3 is 0 Å². The fourth-order valence-corrected chi connectivity index (χ4v) is 8.38. The Hall–Kier alpha value is -3.43. The van der Waals surface area contributed by atoms with E-state index in [0.29, 0.717) is 47.9 Å². The molecule has 3 aliphatic rings. The predicted octanol–water partition coefficient (Wildman–Crippen LogP) is 5.60. The Labute approximate surface area is 238 Å². The predicted molar refractivity (Wildman–Crippen MR) is 152 cm³/mol. The summed E-state index contributed by atoms with van der Waals surface area (Å²) in [6, 6.07) is 16.6. The molecule has 208 valence electrons. The molecule has 2 heterocycles. The lowest BCUT2D eigenvalue weighted by Gasteiger charge is -2.45. The van der Waals surface area contributed by atoms with E-state index in [1.165, 1.54) is 16.4 Å². The van der Waals surface area contributed by atoms with E-state index in [0.717, 1.165) is 30.5 Å². The Balaban J connectivity index is 1.47. The quantitative estimate of drug-likeness (QED) is 0.425. The zero-order chi connectivity index (χ0) is 28.2. The molecule has 3 aromatic rings. The molecule has 1 N–H and O–H groups in total. The molecule has 0 bridgehead atoms. The summed E-state index contributed by atoms with van der Waals surface area (Å²) < 4.78 is 43.6. The van der Waals surface area contributed by atoms with Gasteiger partial charge in [0.1, 0.15) is 5.82 Å². The molecular weight excluding hydrogens is 553 g/mol. The van der Waals surface area contributed by atoms with Crippen LogP contribution in [0.3, 0.4) is 0 Å². The number of nitrogens with zero attached hydrogens (tertiary/aromatic N) is 2. The average molecular weight is 582 g/mol. The summed E-state index contributed by atoms with van der Waals surface area (Å²) in [5.41, 5.74) is 1.63. The van der Waals surface area contributed by atoms with E-state index in [-0.39, 0.29) is 28.7 Å². The minimum atomic E-state index is -4.05. The normalized spacial score (nSPS) is 19.9. The third kappa shape index (κ3) is 4.45. The van der Waals surface area contributed by atoms with Crippen LogP contribution in [0.15, 0.2) is 71.6 Å². The van der Waals surface area contributed by atoms with Gasteiger partial charge < -0.3 is 10.2 Å². The van der Waals surface area contributed by atoms with Crippen LogP contribution in [-0.4, -0.2) is 44.3 Å². The second-order valence-electron chi connectivity index (χ2n) is 10.9. The fourth-order valence-electron chi connectivity index (χ4n) is 6.40. The zero-order valence-electron chi connectivity index (χ0n) is 21.9. The molecule has 7 nitrogen and oxygen atoms in total. The lowest BCUT2D eigenvalue weighted by atomic mass is 9.68. The van der Waals surface area contributed by atoms with Crippen LogP contribution >= 0.6 is 11.6 Å². The van der Waals surface area contributed by atoms with Gasteiger partial charge in [0.2, 0.25) is 5.91 Å². The molecule has 2 aliphatic heterocycles. The van der Waals surface area contributed by atoms with Crippen LogP contribution in [0, 0.1) is 11.7 Å². The van der Waals surface area contributed by atoms with Crippen molar-refractivity contribution in [2.24, 2.45) is 5.92 Å². The Bertz CT molecular complexity index is 1600. The van der Waals surface area contributed by atoms with Crippen LogP contribution in [0.2, 0.25) is 5.02 Å². The Morgan fingerprint density at radius 2 is 1.68 bits per heavy atom. The fraction of sp³-hybridized carbons (Fsp3) is 0.333. The van der Waals surface area contributed by atoms with Gasteiger partial charge in [-0.05, 0) is 91.8 Å². The number of benzene rings is 3. The Morgan fingerprint density at radius 1 is 1.00 bits per heavy atom. The molecule has 6 rings (SSSR count). The first-order valence-corrected chi connectivity index (χ1v) is 15.2. The van der Waals surface area contributed by atoms with Crippen molar-refractivity contribution in [1.29, 1.82) is 0 Å². The number of sulfonamides is 1. The summed E-state index contributed by atoms with van der Waals surface area (Å²) in [7, 11) is -4.05. The van der Waals surface area contributed by atoms with Gasteiger partial charge in [0, 0.05) is 31.0 Å². The van der Waals surface area contributed by atoms with Gasteiger partial charge in [0.25, 0.3) is 15.9 Å². The molecular formula is C30H29ClFN3O4S. The minimum Gasteiger partial charge on any atom is -0.343 e. The highest BCUT2D eigenvalue weighted by atomic mass is 35.5. The average Bonchev–Trinajstić information content (AvgIpc) is 3.74. The molecule has 3 aromatic carbocycles. The van der Waals surface area contributed by atoms with E-state index in [2.05, 4.69) is 5.32 Å². The number of fused-ring (bicyclic) bond motifs is 2. The number of carbonyl (C=O) groups excluding carboxylic acids is 2. The maximum Gasteiger partial charge on any atom is 0.264 e. The molecule has 1 saturated heterocycles. The number of hydrogen-bond donors (Lipinski definition) is 1. The van der Waals surface area contributed by atoms with Crippen LogP contribution in [-0.2, 0) is 20.2 Å². The first kappa shape index (κ1) is 26.8. The monoisotopic (exact) mass is 581 g/mol. The van der Waals surface area contributed by atoms with Crippen LogP contribution in [0.25, 0.3) is 0 Å². The van der Waals surface area contributed by atoms with E-state index in [4.69, 9.17) is 11.6 Å². The molecule has 0 radical (unpaired) electrons. The number of hydrogen-bond acceptors (Lipinski definition) is 4. The molecule has 40 heavy (non-hydrogen) atoms. The first-order chi connectivity index (χ1) is 19.1. The summed E-state index contributed by atoms with van der Waals surface area (Å²) >= 11 is 6.26. The Kier molecular flexibility index (Phi) is 6.62. The number of rotatable bonds is 5. The van der Waals surface area contributed by atoms with Gasteiger partial charge in [-0.15, -0.1) is 0 Å². The van der Waals surface area contributed by atoms with Gasteiger partial charge in [0.15, 0.2) is 0 Å². The van der Waals surface area contributed by atoms with E-state index in [1.807, 2.05) is 0 Å². The lowest BCUT2D eigenvalue weighted by Crippen LogP contribution is -2.54. The second-order valence-corrected chi connectivity index (χ2v) is 13.1. The number of piperidine rings is 1. The van der Waals surface area contributed by atoms with Crippen LogP contribution in [0.5, 0.6) is 0 Å². The molecule has 1 spiro atoms. The van der Waals surface area contributed by atoms with Crippen molar-refractivity contribution in [2.45, 2.75) is 49.0 Å². The summed E-state index contributed by atoms with van der Waals surface area (Å²) in [4.78, 5) is 27.3. The second kappa shape index (κ2) is 9.89. The molecule has 1 aliphatic carbocycles. The van der Waals surface area contributed by atoms with E-state index in [9.17, 15) is 22.4 Å². The van der Waals surface area contributed by atoms with Crippen molar-refractivity contribution >= 4 is 44.8 Å². The van der Waals surface area contributed by atoms with Gasteiger partial charge in [-0.2, -0.15) is 0 Å². The van der Waals surface area contributed by atoms with Crippen molar-refractivity contribution in [3.05, 3.63) is 88.7 Å². The van der Waals surface area contributed by atoms with Gasteiger partial charge in [0.05, 0.1) is 27.3 Å². The van der Waals surface area contributed by atoms with Gasteiger partial charge in [-0.1, -0.05) is 23.7 Å². The first-order valence-electron chi connectivity index (χ1n) is 13.4. The summed E-state index contributed by atoms with van der Waals surface area (Å²) in [6.07, 6.45) is 2.94. The smallest absolute Gasteiger partial charge is 0.264 e. The summed E-state index contributed by atoms with van der Waals surface area (Å²) in [6.45, 7) is 2.54. The number of amides is 2. The lowest BCUT2D eigenvalue weighted by molar-refractivity contribution is -0.130. The van der Waals surface area contributed by atoms with Crippen LogP contribution in [0.1, 0.15) is 48.5 Å². The molecule has 2 amide bonds. The third-order valence-corrected chi connectivity index (χ3v) is 10.7. The van der Waals surface area contributed by atoms with Gasteiger partial charge in [-0.3, -0.25) is 13.9 Å². The zero-order valence-corrected chi connectivity index (χ0v) is 23.5. The maximum absolute atomic E-state index is 14.2. The molecule has 1 saturated carbocycles. The van der Waals surface area contributed by atoms with Crippen molar-refractivity contribution in [3.63, 3.8) is 0 Å². The topological polar surface area (TPSA) is 86.8 Å². The number of para-hydroxylation sites is 1. The molecule has 10 heteroatoms. The van der Waals surface area contributed by atoms with Crippen LogP contribution < -0.4 is 9.62 Å². The highest BCUT2D eigenvalue weighted by molar-refractivity contribution is 7.92. The third-order valence-electron chi connectivity index (χ3n) is 8.51. The highest BCUT2D eigenvalue weighted by Crippen LogP contribution is 2.59. The van der Waals surface area contributed by atoms with Crippen molar-refractivity contribution in [2.75, 3.05) is 22.7 Å². The van der Waals surface area contributed by atoms with E-state index in [1.54, 1.807) is 54.3 Å². The number of halogens is 2.